The summed E-state index contributed by atoms with van der Waals surface area (Å²) in [4.78, 5) is 13.8. The Morgan fingerprint density at radius 3 is 1.20 bits per heavy atom. The van der Waals surface area contributed by atoms with Crippen LogP contribution < -0.4 is 27.3 Å². The van der Waals surface area contributed by atoms with Crippen molar-refractivity contribution in [3.8, 4) is 0 Å². The summed E-state index contributed by atoms with van der Waals surface area (Å²) in [5.74, 6) is -0.279. The predicted octanol–water partition coefficient (Wildman–Crippen LogP) is 21.4. The Balaban J connectivity index is -0.000000373. The SMILES string of the molecule is C.C.C.C.C.C.C.C.CC1(C)OB(B2OC(C)(C)C(C)(C)O2)OC1(C)C.CN.CN=C(NO)c1cc(Br)ccc1F.CNc1noc2ccc(B3OC(C)(C)C(C)(C)O3)cc12.CNc1noc2ccc(Br)cc12.O/N=C(/Cl)c1cc(Br)ccc1F.O/N=C\c1cc(Br)ccc1F.O=Cc1cc(Br)ccc1F. The molecule has 592 valence electrons. The van der Waals surface area contributed by atoms with Gasteiger partial charge in [0.15, 0.2) is 40.1 Å². The molecule has 3 saturated heterocycles. The molecule has 0 aliphatic carbocycles. The van der Waals surface area contributed by atoms with Crippen molar-refractivity contribution in [2.24, 2.45) is 21.0 Å². The number of rotatable bonds is 8. The zero-order valence-corrected chi connectivity index (χ0v) is 65.1. The average Bonchev–Trinajstić information content (AvgIpc) is 1.61. The molecule has 0 radical (unpaired) electrons. The van der Waals surface area contributed by atoms with E-state index in [0.717, 1.165) is 58.7 Å². The highest BCUT2D eigenvalue weighted by Crippen LogP contribution is 2.43. The molecule has 21 nitrogen and oxygen atoms in total. The van der Waals surface area contributed by atoms with E-state index in [1.807, 2.05) is 139 Å². The number of aromatic nitrogens is 2. The number of benzene rings is 6. The van der Waals surface area contributed by atoms with Crippen molar-refractivity contribution in [2.75, 3.05) is 38.8 Å². The fourth-order valence-corrected chi connectivity index (χ4v) is 10.2. The van der Waals surface area contributed by atoms with Crippen LogP contribution in [0.15, 0.2) is 156 Å². The van der Waals surface area contributed by atoms with Gasteiger partial charge < -0.3 is 63.8 Å². The van der Waals surface area contributed by atoms with Crippen molar-refractivity contribution >= 4 is 175 Å². The summed E-state index contributed by atoms with van der Waals surface area (Å²) in [6.45, 7) is 24.4. The Bertz CT molecular complexity index is 3990. The van der Waals surface area contributed by atoms with Gasteiger partial charge in [0.25, 0.3) is 0 Å². The van der Waals surface area contributed by atoms with E-state index in [9.17, 15) is 22.4 Å². The van der Waals surface area contributed by atoms with Crippen LogP contribution in [0.2, 0.25) is 0 Å². The van der Waals surface area contributed by atoms with E-state index in [0.29, 0.717) is 15.2 Å². The molecule has 0 unspecified atom stereocenters. The number of carbonyl (C=O) groups is 1. The number of hydrogen-bond donors (Lipinski definition) is 7. The Kier molecular flexibility index (Phi) is 49.3. The minimum Gasteiger partial charge on any atom is -0.411 e. The maximum Gasteiger partial charge on any atom is 0.494 e. The Morgan fingerprint density at radius 2 is 0.830 bits per heavy atom. The molecule has 0 atom stereocenters. The summed E-state index contributed by atoms with van der Waals surface area (Å²) < 4.78 is 101. The normalized spacial score (nSPS) is 15.3. The summed E-state index contributed by atoms with van der Waals surface area (Å²) in [5, 5.41) is 45.9. The maximum absolute atomic E-state index is 13.1. The lowest BCUT2D eigenvalue weighted by atomic mass is 9.49. The molecule has 34 heteroatoms. The minimum absolute atomic E-state index is 0. The second-order valence-corrected chi connectivity index (χ2v) is 28.7. The predicted molar refractivity (Wildman–Crippen MR) is 449 cm³/mol. The molecule has 5 heterocycles. The molecule has 0 spiro atoms. The van der Waals surface area contributed by atoms with Gasteiger partial charge in [0.1, 0.15) is 23.3 Å². The first-order valence-electron chi connectivity index (χ1n) is 29.5. The molecule has 8 aromatic rings. The number of oxime groups is 2. The maximum atomic E-state index is 13.1. The lowest BCUT2D eigenvalue weighted by Gasteiger charge is -2.32. The fourth-order valence-electron chi connectivity index (χ4n) is 8.25. The number of hydrogen-bond acceptors (Lipinski definition) is 20. The van der Waals surface area contributed by atoms with Gasteiger partial charge in [-0.3, -0.25) is 20.5 Å². The van der Waals surface area contributed by atoms with E-state index in [4.69, 9.17) is 64.2 Å². The highest BCUT2D eigenvalue weighted by Gasteiger charge is 2.64. The number of nitrogens with two attached hydrogens (primary N) is 1. The van der Waals surface area contributed by atoms with E-state index in [2.05, 4.69) is 122 Å². The van der Waals surface area contributed by atoms with E-state index in [1.165, 1.54) is 68.7 Å². The molecule has 8 N–H and O–H groups in total. The first kappa shape index (κ1) is 109. The second kappa shape index (κ2) is 48.0. The van der Waals surface area contributed by atoms with Crippen LogP contribution in [0.4, 0.5) is 29.2 Å². The van der Waals surface area contributed by atoms with Crippen LogP contribution in [0.1, 0.15) is 170 Å². The van der Waals surface area contributed by atoms with Crippen molar-refractivity contribution in [1.29, 1.82) is 0 Å². The molecule has 3 aliphatic rings. The van der Waals surface area contributed by atoms with Crippen LogP contribution in [-0.2, 0) is 27.9 Å². The lowest BCUT2D eigenvalue weighted by Crippen LogP contribution is -2.41. The van der Waals surface area contributed by atoms with Crippen molar-refractivity contribution in [1.82, 2.24) is 15.8 Å². The number of nitrogens with one attached hydrogen (secondary N) is 3. The van der Waals surface area contributed by atoms with Gasteiger partial charge in [0.2, 0.25) is 0 Å². The van der Waals surface area contributed by atoms with Gasteiger partial charge in [-0.2, -0.15) is 0 Å². The van der Waals surface area contributed by atoms with Crippen LogP contribution in [0.3, 0.4) is 0 Å². The molecule has 3 fully saturated rings. The molecule has 6 aromatic carbocycles. The van der Waals surface area contributed by atoms with Crippen LogP contribution in [-0.4, -0.2) is 132 Å². The number of amidine groups is 1. The first-order valence-corrected chi connectivity index (χ1v) is 33.8. The summed E-state index contributed by atoms with van der Waals surface area (Å²) in [6.07, 6.45) is 1.53. The average molecular weight is 1840 g/mol. The summed E-state index contributed by atoms with van der Waals surface area (Å²) >= 11 is 21.4. The number of aldehydes is 1. The molecular formula is C72H108B3Br5ClF4N9O12. The third kappa shape index (κ3) is 29.2. The smallest absolute Gasteiger partial charge is 0.411 e. The largest absolute Gasteiger partial charge is 0.494 e. The van der Waals surface area contributed by atoms with Gasteiger partial charge in [-0.25, -0.2) is 17.6 Å². The summed E-state index contributed by atoms with van der Waals surface area (Å²) in [5.41, 5.74) is 7.33. The second-order valence-electron chi connectivity index (χ2n) is 23.8. The number of anilines is 2. The van der Waals surface area contributed by atoms with Crippen molar-refractivity contribution in [3.05, 3.63) is 177 Å². The zero-order chi connectivity index (χ0) is 73.9. The zero-order valence-electron chi connectivity index (χ0n) is 56.4. The van der Waals surface area contributed by atoms with Crippen LogP contribution in [0, 0.1) is 23.3 Å². The first-order chi connectivity index (χ1) is 45.8. The topological polar surface area (TPSA) is 284 Å². The molecule has 2 aromatic heterocycles. The fraction of sp³-hybridized carbons (Fsp3) is 0.417. The van der Waals surface area contributed by atoms with Gasteiger partial charge in [0.05, 0.1) is 67.3 Å². The van der Waals surface area contributed by atoms with E-state index in [1.54, 1.807) is 18.2 Å². The van der Waals surface area contributed by atoms with E-state index in [-0.39, 0.29) is 133 Å². The van der Waals surface area contributed by atoms with E-state index < -0.39 is 37.3 Å². The molecule has 0 amide bonds. The van der Waals surface area contributed by atoms with Crippen LogP contribution in [0.25, 0.3) is 21.9 Å². The Labute approximate surface area is 673 Å². The van der Waals surface area contributed by atoms with Crippen molar-refractivity contribution in [2.45, 2.75) is 176 Å². The van der Waals surface area contributed by atoms with Crippen LogP contribution in [0.5, 0.6) is 0 Å². The molecule has 11 rings (SSSR count). The highest BCUT2D eigenvalue weighted by atomic mass is 79.9. The third-order valence-electron chi connectivity index (χ3n) is 15.7. The molecule has 3 aliphatic heterocycles. The van der Waals surface area contributed by atoms with Gasteiger partial charge >= 0.3 is 21.1 Å². The monoisotopic (exact) mass is 1830 g/mol. The quantitative estimate of drug-likeness (QED) is 0.0142. The highest BCUT2D eigenvalue weighted by molar-refractivity contribution is 9.11. The van der Waals surface area contributed by atoms with E-state index >= 15 is 0 Å². The van der Waals surface area contributed by atoms with Crippen LogP contribution >= 0.6 is 91.3 Å². The number of fused-ring (bicyclic) bond motifs is 2. The molecular weight excluding hydrogens is 1730 g/mol. The summed E-state index contributed by atoms with van der Waals surface area (Å²) in [6, 6.07) is 28.8. The van der Waals surface area contributed by atoms with Gasteiger partial charge in [-0.15, -0.1) is 0 Å². The standard InChI is InChI=1S/C14H19BN2O3.C12H24B2O4.C8H8BrFN2O.C8H7BrN2O.C7H4BrClFNO.C7H5BrFNO.C7H4BrFO.CH5N.8CH4/c1-13(2)14(3,4)20-15(19-13)9-6-7-11-10(8-9)12(16-5)17-18-11;1-9(2)10(3,4)16-13(15-9)14-17-11(5,6)12(7,8)18-14;1-11-8(12-13)6-4-5(9)2-3-7(6)10;1-10-8-6-4-5(9)2-3-7(6)12-11-8;8-4-1-2-6(10)5(3-4)7(9)11-12;8-6-1-2-7(9)5(3-6)4-10-11;8-6-1-2-7(9)5(3-6)4-10;1-2;;;;;;;;/h6-8H,1-5H3,(H,16,17);1-8H3;2-4,13H,1H3,(H,11,12);2-4H,1H3,(H,10,11);1-3,12H;1-4,11H;1-4H;2H2,1H3;8*1H4/b;;;;11-7+;10-4-;;;;;;;;;;. The van der Waals surface area contributed by atoms with Crippen molar-refractivity contribution in [3.63, 3.8) is 0 Å². The Morgan fingerprint density at radius 1 is 0.500 bits per heavy atom. The number of carbonyl (C=O) groups excluding carboxylic acids is 1. The third-order valence-corrected chi connectivity index (χ3v) is 18.4. The lowest BCUT2D eigenvalue weighted by molar-refractivity contribution is 0.00578. The number of halogens is 10. The molecule has 0 bridgehead atoms. The summed E-state index contributed by atoms with van der Waals surface area (Å²) in [7, 11) is 5.27. The number of aliphatic imine (C=N–C) groups is 1. The molecule has 106 heavy (non-hydrogen) atoms. The Hall–Kier alpha value is -5.78. The minimum atomic E-state index is -0.527. The van der Waals surface area contributed by atoms with Gasteiger partial charge in [0, 0.05) is 49.1 Å². The van der Waals surface area contributed by atoms with Gasteiger partial charge in [-0.1, -0.05) is 177 Å². The number of hydroxylamine groups is 1. The molecule has 0 saturated carbocycles. The number of nitrogens with zero attached hydrogens (tertiary/aromatic N) is 5. The van der Waals surface area contributed by atoms with Crippen molar-refractivity contribution < 1.29 is 75.0 Å². The van der Waals surface area contributed by atoms with Gasteiger partial charge in [-0.05, 0) is 199 Å².